The predicted octanol–water partition coefficient (Wildman–Crippen LogP) is 4.86. The van der Waals surface area contributed by atoms with Gasteiger partial charge >= 0.3 is 0 Å². The highest BCUT2D eigenvalue weighted by Crippen LogP contribution is 2.24. The minimum absolute atomic E-state index is 0.0405. The first-order chi connectivity index (χ1) is 11.3. The van der Waals surface area contributed by atoms with Crippen molar-refractivity contribution in [2.24, 2.45) is 0 Å². The van der Waals surface area contributed by atoms with Gasteiger partial charge in [-0.3, -0.25) is 9.59 Å². The van der Waals surface area contributed by atoms with Crippen molar-refractivity contribution in [1.29, 1.82) is 0 Å². The normalized spacial score (nSPS) is 12.0. The molecule has 0 aliphatic rings. The number of hydrogen-bond donors (Lipinski definition) is 0. The van der Waals surface area contributed by atoms with Crippen molar-refractivity contribution in [3.8, 4) is 0 Å². The molecule has 0 saturated heterocycles. The smallest absolute Gasteiger partial charge is 0.223 e. The SMILES string of the molecule is CC(c1ccc(F)c(F)c1)N(C)C(=O)CCC(=O)c1ccc(Cl)s1. The third-order valence-corrected chi connectivity index (χ3v) is 5.09. The van der Waals surface area contributed by atoms with Crippen LogP contribution in [0.1, 0.15) is 41.0 Å². The summed E-state index contributed by atoms with van der Waals surface area (Å²) in [6, 6.07) is 6.38. The minimum atomic E-state index is -0.954. The Bertz CT molecular complexity index is 763. The van der Waals surface area contributed by atoms with Crippen molar-refractivity contribution in [3.05, 3.63) is 56.7 Å². The quantitative estimate of drug-likeness (QED) is 0.680. The van der Waals surface area contributed by atoms with Gasteiger partial charge in [-0.15, -0.1) is 11.3 Å². The molecule has 0 fully saturated rings. The lowest BCUT2D eigenvalue weighted by atomic mass is 10.1. The van der Waals surface area contributed by atoms with Crippen LogP contribution in [0.25, 0.3) is 0 Å². The van der Waals surface area contributed by atoms with Crippen LogP contribution in [0.2, 0.25) is 4.34 Å². The highest BCUT2D eigenvalue weighted by molar-refractivity contribution is 7.18. The fraction of sp³-hybridized carbons (Fsp3) is 0.294. The first-order valence-electron chi connectivity index (χ1n) is 7.28. The van der Waals surface area contributed by atoms with Gasteiger partial charge < -0.3 is 4.90 Å². The number of Topliss-reactive ketones (excluding diaryl/α,β-unsaturated/α-hetero) is 1. The molecule has 1 amide bonds. The van der Waals surface area contributed by atoms with Crippen LogP contribution in [0.4, 0.5) is 8.78 Å². The average Bonchev–Trinajstić information content (AvgIpc) is 3.00. The maximum absolute atomic E-state index is 13.3. The molecule has 0 N–H and O–H groups in total. The topological polar surface area (TPSA) is 37.4 Å². The Hall–Kier alpha value is -1.79. The molecule has 128 valence electrons. The Morgan fingerprint density at radius 3 is 2.46 bits per heavy atom. The molecule has 0 aliphatic carbocycles. The van der Waals surface area contributed by atoms with Gasteiger partial charge in [-0.2, -0.15) is 0 Å². The van der Waals surface area contributed by atoms with E-state index in [9.17, 15) is 18.4 Å². The summed E-state index contributed by atoms with van der Waals surface area (Å²) < 4.78 is 26.8. The lowest BCUT2D eigenvalue weighted by molar-refractivity contribution is -0.131. The van der Waals surface area contributed by atoms with Crippen LogP contribution in [0.5, 0.6) is 0 Å². The van der Waals surface area contributed by atoms with E-state index in [1.54, 1.807) is 26.1 Å². The van der Waals surface area contributed by atoms with Crippen LogP contribution in [0, 0.1) is 11.6 Å². The first-order valence-corrected chi connectivity index (χ1v) is 8.48. The second-order valence-corrected chi connectivity index (χ2v) is 7.10. The summed E-state index contributed by atoms with van der Waals surface area (Å²) in [5, 5.41) is 0. The van der Waals surface area contributed by atoms with Crippen molar-refractivity contribution in [3.63, 3.8) is 0 Å². The first kappa shape index (κ1) is 18.5. The standard InChI is InChI=1S/C17H16ClF2NO2S/c1-10(11-3-4-12(19)13(20)9-11)21(2)17(23)8-5-14(22)15-6-7-16(18)24-15/h3-4,6-7,9-10H,5,8H2,1-2H3. The summed E-state index contributed by atoms with van der Waals surface area (Å²) in [4.78, 5) is 26.2. The number of hydrogen-bond acceptors (Lipinski definition) is 3. The van der Waals surface area contributed by atoms with Crippen LogP contribution < -0.4 is 0 Å². The van der Waals surface area contributed by atoms with E-state index < -0.39 is 17.7 Å². The Morgan fingerprint density at radius 2 is 1.88 bits per heavy atom. The van der Waals surface area contributed by atoms with E-state index in [1.807, 2.05) is 0 Å². The molecular formula is C17H16ClF2NO2S. The zero-order valence-electron chi connectivity index (χ0n) is 13.2. The van der Waals surface area contributed by atoms with Gasteiger partial charge in [-0.1, -0.05) is 17.7 Å². The van der Waals surface area contributed by atoms with E-state index in [4.69, 9.17) is 11.6 Å². The third-order valence-electron chi connectivity index (χ3n) is 3.81. The summed E-state index contributed by atoms with van der Waals surface area (Å²) in [5.74, 6) is -2.28. The second-order valence-electron chi connectivity index (χ2n) is 5.38. The summed E-state index contributed by atoms with van der Waals surface area (Å²) in [5.41, 5.74) is 0.487. The van der Waals surface area contributed by atoms with Gasteiger partial charge in [0.1, 0.15) is 0 Å². The molecule has 0 aliphatic heterocycles. The summed E-state index contributed by atoms with van der Waals surface area (Å²) in [6.07, 6.45) is 0.114. The predicted molar refractivity (Wildman–Crippen MR) is 90.4 cm³/mol. The van der Waals surface area contributed by atoms with E-state index in [-0.39, 0.29) is 24.5 Å². The van der Waals surface area contributed by atoms with Crippen molar-refractivity contribution < 1.29 is 18.4 Å². The molecule has 2 aromatic rings. The monoisotopic (exact) mass is 371 g/mol. The van der Waals surface area contributed by atoms with Crippen LogP contribution in [0.3, 0.4) is 0 Å². The Labute approximate surface area is 147 Å². The fourth-order valence-corrected chi connectivity index (χ4v) is 3.21. The number of benzene rings is 1. The highest BCUT2D eigenvalue weighted by atomic mass is 35.5. The number of carbonyl (C=O) groups is 2. The van der Waals surface area contributed by atoms with Crippen molar-refractivity contribution in [2.75, 3.05) is 7.05 Å². The van der Waals surface area contributed by atoms with Gasteiger partial charge in [0.05, 0.1) is 15.3 Å². The third kappa shape index (κ3) is 4.39. The van der Waals surface area contributed by atoms with Crippen molar-refractivity contribution in [2.45, 2.75) is 25.8 Å². The lowest BCUT2D eigenvalue weighted by Crippen LogP contribution is -2.30. The molecule has 0 saturated carbocycles. The minimum Gasteiger partial charge on any atom is -0.339 e. The van der Waals surface area contributed by atoms with E-state index in [0.717, 1.165) is 12.1 Å². The Morgan fingerprint density at radius 1 is 1.17 bits per heavy atom. The van der Waals surface area contributed by atoms with E-state index in [0.29, 0.717) is 14.8 Å². The molecule has 2 rings (SSSR count). The van der Waals surface area contributed by atoms with E-state index >= 15 is 0 Å². The number of nitrogens with zero attached hydrogens (tertiary/aromatic N) is 1. The summed E-state index contributed by atoms with van der Waals surface area (Å²) in [7, 11) is 1.57. The Balaban J connectivity index is 1.95. The molecule has 0 spiro atoms. The molecule has 1 aromatic carbocycles. The number of thiophene rings is 1. The molecule has 1 heterocycles. The molecule has 24 heavy (non-hydrogen) atoms. The maximum Gasteiger partial charge on any atom is 0.223 e. The van der Waals surface area contributed by atoms with Gasteiger partial charge in [0.2, 0.25) is 5.91 Å². The van der Waals surface area contributed by atoms with Crippen molar-refractivity contribution in [1.82, 2.24) is 4.90 Å². The van der Waals surface area contributed by atoms with Crippen LogP contribution >= 0.6 is 22.9 Å². The summed E-state index contributed by atoms with van der Waals surface area (Å²) >= 11 is 6.96. The summed E-state index contributed by atoms with van der Waals surface area (Å²) in [6.45, 7) is 1.71. The molecule has 3 nitrogen and oxygen atoms in total. The molecule has 1 atom stereocenters. The molecule has 0 bridgehead atoms. The molecule has 1 aromatic heterocycles. The molecular weight excluding hydrogens is 356 g/mol. The zero-order valence-corrected chi connectivity index (χ0v) is 14.8. The number of carbonyl (C=O) groups excluding carboxylic acids is 2. The largest absolute Gasteiger partial charge is 0.339 e. The lowest BCUT2D eigenvalue weighted by Gasteiger charge is -2.25. The Kier molecular flexibility index (Phi) is 6.07. The van der Waals surface area contributed by atoms with E-state index in [2.05, 4.69) is 0 Å². The highest BCUT2D eigenvalue weighted by Gasteiger charge is 2.20. The molecule has 7 heteroatoms. The molecule has 1 unspecified atom stereocenters. The van der Waals surface area contributed by atoms with Gasteiger partial charge in [-0.05, 0) is 36.8 Å². The fourth-order valence-electron chi connectivity index (χ4n) is 2.20. The van der Waals surface area contributed by atoms with Gasteiger partial charge in [0.25, 0.3) is 0 Å². The number of amides is 1. The maximum atomic E-state index is 13.3. The van der Waals surface area contributed by atoms with Crippen LogP contribution in [-0.2, 0) is 4.79 Å². The zero-order chi connectivity index (χ0) is 17.9. The van der Waals surface area contributed by atoms with E-state index in [1.165, 1.54) is 22.3 Å². The second kappa shape index (κ2) is 7.85. The van der Waals surface area contributed by atoms with Gasteiger partial charge in [0.15, 0.2) is 17.4 Å². The number of rotatable bonds is 6. The van der Waals surface area contributed by atoms with Crippen LogP contribution in [0.15, 0.2) is 30.3 Å². The number of halogens is 3. The average molecular weight is 372 g/mol. The van der Waals surface area contributed by atoms with Crippen LogP contribution in [-0.4, -0.2) is 23.6 Å². The van der Waals surface area contributed by atoms with Crippen molar-refractivity contribution >= 4 is 34.6 Å². The number of ketones is 1. The molecule has 0 radical (unpaired) electrons. The van der Waals surface area contributed by atoms with Gasteiger partial charge in [0, 0.05) is 19.9 Å². The van der Waals surface area contributed by atoms with Gasteiger partial charge in [-0.25, -0.2) is 8.78 Å².